The number of fused-ring (bicyclic) bond motifs is 1. The molecule has 1 nitrogen and oxygen atoms in total. The molecule has 0 bridgehead atoms. The van der Waals surface area contributed by atoms with Crippen LogP contribution in [0.5, 0.6) is 0 Å². The van der Waals surface area contributed by atoms with Gasteiger partial charge in [0.25, 0.3) is 0 Å². The summed E-state index contributed by atoms with van der Waals surface area (Å²) in [4.78, 5) is 2.39. The average Bonchev–Trinajstić information content (AvgIpc) is 2.97. The molecule has 0 radical (unpaired) electrons. The van der Waals surface area contributed by atoms with Gasteiger partial charge in [-0.2, -0.15) is 0 Å². The van der Waals surface area contributed by atoms with Crippen LogP contribution < -0.4 is 4.90 Å². The third-order valence-electron chi connectivity index (χ3n) is 8.89. The summed E-state index contributed by atoms with van der Waals surface area (Å²) in [5.74, 6) is 0. The predicted octanol–water partition coefficient (Wildman–Crippen LogP) is 11.8. The monoisotopic (exact) mass is 555 g/mol. The van der Waals surface area contributed by atoms with Gasteiger partial charge in [-0.15, -0.1) is 0 Å². The van der Waals surface area contributed by atoms with Crippen molar-refractivity contribution in [2.24, 2.45) is 0 Å². The van der Waals surface area contributed by atoms with Crippen molar-refractivity contribution in [1.29, 1.82) is 0 Å². The van der Waals surface area contributed by atoms with Gasteiger partial charge in [-0.05, 0) is 106 Å². The van der Waals surface area contributed by atoms with Crippen molar-refractivity contribution in [2.75, 3.05) is 4.90 Å². The molecular weight excluding hydrogens is 518 g/mol. The molecule has 0 saturated carbocycles. The number of hydrogen-bond acceptors (Lipinski definition) is 1. The molecule has 0 aliphatic heterocycles. The maximum atomic E-state index is 6.84. The minimum absolute atomic E-state index is 0.111. The highest BCUT2D eigenvalue weighted by Gasteiger charge is 2.38. The highest BCUT2D eigenvalue weighted by molar-refractivity contribution is 6.31. The Morgan fingerprint density at radius 2 is 1.05 bits per heavy atom. The molecule has 0 saturated heterocycles. The molecule has 1 aliphatic rings. The SMILES string of the molecule is Cc1cc2c(cc1N(c1ccc(-c3ccccc3)cc1)c1cc(Cl)cc(-c3ccccc3)c1)C(C)(C)CCC2(C)C. The van der Waals surface area contributed by atoms with E-state index in [1.807, 2.05) is 0 Å². The number of rotatable bonds is 5. The van der Waals surface area contributed by atoms with E-state index in [0.29, 0.717) is 0 Å². The summed E-state index contributed by atoms with van der Waals surface area (Å²) in [5, 5.41) is 0.726. The van der Waals surface area contributed by atoms with E-state index >= 15 is 0 Å². The third-order valence-corrected chi connectivity index (χ3v) is 9.11. The van der Waals surface area contributed by atoms with Gasteiger partial charge in [0, 0.05) is 22.1 Å². The minimum Gasteiger partial charge on any atom is -0.310 e. The van der Waals surface area contributed by atoms with E-state index in [1.165, 1.54) is 46.3 Å². The van der Waals surface area contributed by atoms with Crippen LogP contribution in [0, 0.1) is 6.92 Å². The van der Waals surface area contributed by atoms with Crippen molar-refractivity contribution in [1.82, 2.24) is 0 Å². The Balaban J connectivity index is 1.56. The van der Waals surface area contributed by atoms with Crippen molar-refractivity contribution in [2.45, 2.75) is 58.3 Å². The quantitative estimate of drug-likeness (QED) is 0.208. The van der Waals surface area contributed by atoms with Crippen molar-refractivity contribution in [3.63, 3.8) is 0 Å². The molecule has 5 aromatic carbocycles. The second kappa shape index (κ2) is 10.5. The summed E-state index contributed by atoms with van der Waals surface area (Å²) in [6.07, 6.45) is 2.38. The van der Waals surface area contributed by atoms with E-state index in [1.54, 1.807) is 0 Å². The zero-order chi connectivity index (χ0) is 28.8. The van der Waals surface area contributed by atoms with E-state index in [0.717, 1.165) is 27.5 Å². The normalized spacial score (nSPS) is 15.3. The highest BCUT2D eigenvalue weighted by Crippen LogP contribution is 2.49. The summed E-state index contributed by atoms with van der Waals surface area (Å²) in [6.45, 7) is 11.8. The summed E-state index contributed by atoms with van der Waals surface area (Å²) in [6, 6.07) is 41.3. The van der Waals surface area contributed by atoms with Crippen molar-refractivity contribution < 1.29 is 0 Å². The summed E-state index contributed by atoms with van der Waals surface area (Å²) >= 11 is 6.84. The summed E-state index contributed by atoms with van der Waals surface area (Å²) in [5.41, 5.74) is 12.5. The molecule has 6 rings (SSSR count). The Hall–Kier alpha value is -3.81. The van der Waals surface area contributed by atoms with Crippen molar-refractivity contribution in [3.8, 4) is 22.3 Å². The maximum absolute atomic E-state index is 6.84. The molecule has 41 heavy (non-hydrogen) atoms. The van der Waals surface area contributed by atoms with E-state index in [2.05, 4.69) is 155 Å². The first-order chi connectivity index (χ1) is 19.6. The molecule has 0 spiro atoms. The zero-order valence-electron chi connectivity index (χ0n) is 24.7. The molecule has 1 aliphatic carbocycles. The zero-order valence-corrected chi connectivity index (χ0v) is 25.5. The molecule has 206 valence electrons. The van der Waals surface area contributed by atoms with E-state index in [-0.39, 0.29) is 10.8 Å². The third kappa shape index (κ3) is 5.32. The van der Waals surface area contributed by atoms with Crippen LogP contribution in [0.1, 0.15) is 57.2 Å². The second-order valence-electron chi connectivity index (χ2n) is 12.8. The van der Waals surface area contributed by atoms with Crippen LogP contribution in [0.4, 0.5) is 17.1 Å². The Morgan fingerprint density at radius 1 is 0.537 bits per heavy atom. The fourth-order valence-corrected chi connectivity index (χ4v) is 6.54. The lowest BCUT2D eigenvalue weighted by atomic mass is 9.63. The summed E-state index contributed by atoms with van der Waals surface area (Å²) in [7, 11) is 0. The van der Waals surface area contributed by atoms with Crippen LogP contribution in [0.2, 0.25) is 5.02 Å². The molecule has 0 fully saturated rings. The first-order valence-electron chi connectivity index (χ1n) is 14.6. The van der Waals surface area contributed by atoms with Gasteiger partial charge in [0.2, 0.25) is 0 Å². The van der Waals surface area contributed by atoms with Gasteiger partial charge in [-0.3, -0.25) is 0 Å². The maximum Gasteiger partial charge on any atom is 0.0493 e. The van der Waals surface area contributed by atoms with Gasteiger partial charge < -0.3 is 4.90 Å². The Kier molecular flexibility index (Phi) is 7.04. The summed E-state index contributed by atoms with van der Waals surface area (Å²) < 4.78 is 0. The average molecular weight is 556 g/mol. The van der Waals surface area contributed by atoms with E-state index in [4.69, 9.17) is 11.6 Å². The molecule has 0 heterocycles. The lowest BCUT2D eigenvalue weighted by molar-refractivity contribution is 0.332. The fourth-order valence-electron chi connectivity index (χ4n) is 6.31. The van der Waals surface area contributed by atoms with Crippen molar-refractivity contribution in [3.05, 3.63) is 137 Å². The van der Waals surface area contributed by atoms with Crippen molar-refractivity contribution >= 4 is 28.7 Å². The molecule has 2 heteroatoms. The van der Waals surface area contributed by atoms with Gasteiger partial charge >= 0.3 is 0 Å². The van der Waals surface area contributed by atoms with E-state index < -0.39 is 0 Å². The first-order valence-corrected chi connectivity index (χ1v) is 15.0. The Bertz CT molecular complexity index is 1680. The predicted molar refractivity (Wildman–Crippen MR) is 177 cm³/mol. The first kappa shape index (κ1) is 27.4. The van der Waals surface area contributed by atoms with Gasteiger partial charge in [0.05, 0.1) is 0 Å². The fraction of sp³-hybridized carbons (Fsp3) is 0.231. The van der Waals surface area contributed by atoms with Gasteiger partial charge in [-0.25, -0.2) is 0 Å². The lowest BCUT2D eigenvalue weighted by Gasteiger charge is -2.43. The largest absolute Gasteiger partial charge is 0.310 e. The van der Waals surface area contributed by atoms with Gasteiger partial charge in [0.15, 0.2) is 0 Å². The second-order valence-corrected chi connectivity index (χ2v) is 13.2. The number of hydrogen-bond donors (Lipinski definition) is 0. The van der Waals surface area contributed by atoms with Crippen LogP contribution in [0.3, 0.4) is 0 Å². The molecule has 5 aromatic rings. The number of nitrogens with zero attached hydrogens (tertiary/aromatic N) is 1. The van der Waals surface area contributed by atoms with Gasteiger partial charge in [-0.1, -0.05) is 118 Å². The molecular formula is C39H38ClN. The Labute approximate surface area is 250 Å². The minimum atomic E-state index is 0.111. The molecule has 0 N–H and O–H groups in total. The van der Waals surface area contributed by atoms with Crippen LogP contribution in [0.15, 0.2) is 115 Å². The number of aryl methyl sites for hydroxylation is 1. The van der Waals surface area contributed by atoms with Crippen LogP contribution >= 0.6 is 11.6 Å². The molecule has 0 aromatic heterocycles. The molecule has 0 atom stereocenters. The van der Waals surface area contributed by atoms with Crippen LogP contribution in [-0.4, -0.2) is 0 Å². The highest BCUT2D eigenvalue weighted by atomic mass is 35.5. The number of benzene rings is 5. The number of anilines is 3. The number of halogens is 1. The molecule has 0 amide bonds. The topological polar surface area (TPSA) is 3.24 Å². The standard InChI is InChI=1S/C39H38ClN/c1-27-22-35-36(39(4,5)21-20-38(35,2)3)26-37(27)41(33-18-16-30(17-19-33)28-12-8-6-9-13-28)34-24-31(23-32(40)25-34)29-14-10-7-11-15-29/h6-19,22-26H,20-21H2,1-5H3. The smallest absolute Gasteiger partial charge is 0.0493 e. The van der Waals surface area contributed by atoms with Gasteiger partial charge in [0.1, 0.15) is 0 Å². The lowest BCUT2D eigenvalue weighted by Crippen LogP contribution is -2.34. The van der Waals surface area contributed by atoms with E-state index in [9.17, 15) is 0 Å². The van der Waals surface area contributed by atoms with Crippen LogP contribution in [0.25, 0.3) is 22.3 Å². The molecule has 0 unspecified atom stereocenters. The Morgan fingerprint density at radius 3 is 1.63 bits per heavy atom. The van der Waals surface area contributed by atoms with Crippen LogP contribution in [-0.2, 0) is 10.8 Å².